The van der Waals surface area contributed by atoms with Gasteiger partial charge in [-0.3, -0.25) is 9.80 Å². The minimum atomic E-state index is -0.366. The average molecular weight is 596 g/mol. The Morgan fingerprint density at radius 1 is 0.829 bits per heavy atom. The summed E-state index contributed by atoms with van der Waals surface area (Å²) in [4.78, 5) is 28.0. The number of nitrogens with zero attached hydrogens (tertiary/aromatic N) is 3. The van der Waals surface area contributed by atoms with E-state index in [2.05, 4.69) is 28.5 Å². The summed E-state index contributed by atoms with van der Waals surface area (Å²) in [7, 11) is 5.38. The van der Waals surface area contributed by atoms with Gasteiger partial charge in [0.1, 0.15) is 0 Å². The van der Waals surface area contributed by atoms with Crippen molar-refractivity contribution < 1.29 is 9.59 Å². The Morgan fingerprint density at radius 2 is 1.49 bits per heavy atom. The molecule has 0 saturated carbocycles. The molecule has 0 spiro atoms. The lowest BCUT2D eigenvalue weighted by molar-refractivity contribution is -0.0218. The van der Waals surface area contributed by atoms with Gasteiger partial charge in [-0.15, -0.1) is 0 Å². The van der Waals surface area contributed by atoms with Crippen molar-refractivity contribution in [3.05, 3.63) is 105 Å². The number of hydrazine groups is 1. The number of urea groups is 1. The van der Waals surface area contributed by atoms with E-state index in [4.69, 9.17) is 23.2 Å². The Bertz CT molecular complexity index is 1320. The van der Waals surface area contributed by atoms with Crippen LogP contribution in [0.4, 0.5) is 4.79 Å². The molecule has 1 aliphatic heterocycles. The molecule has 218 valence electrons. The molecule has 1 saturated heterocycles. The van der Waals surface area contributed by atoms with Crippen molar-refractivity contribution in [2.24, 2.45) is 0 Å². The van der Waals surface area contributed by atoms with E-state index in [1.807, 2.05) is 61.6 Å². The molecule has 1 fully saturated rings. The van der Waals surface area contributed by atoms with E-state index < -0.39 is 0 Å². The number of carbonyl (C=O) groups excluding carboxylic acids is 2. The maximum atomic E-state index is 13.7. The van der Waals surface area contributed by atoms with Gasteiger partial charge in [-0.05, 0) is 79.8 Å². The van der Waals surface area contributed by atoms with E-state index in [9.17, 15) is 9.59 Å². The first-order chi connectivity index (χ1) is 19.7. The quantitative estimate of drug-likeness (QED) is 0.260. The lowest BCUT2D eigenvalue weighted by Crippen LogP contribution is -2.60. The van der Waals surface area contributed by atoms with Crippen LogP contribution in [0.5, 0.6) is 0 Å². The van der Waals surface area contributed by atoms with Gasteiger partial charge in [-0.1, -0.05) is 77.8 Å². The Labute approximate surface area is 254 Å². The number of amides is 3. The molecule has 1 heterocycles. The molecule has 3 aromatic rings. The lowest BCUT2D eigenvalue weighted by atomic mass is 9.82. The highest BCUT2D eigenvalue weighted by atomic mass is 35.5. The first kappa shape index (κ1) is 30.9. The molecule has 41 heavy (non-hydrogen) atoms. The zero-order chi connectivity index (χ0) is 29.4. The van der Waals surface area contributed by atoms with Gasteiger partial charge in [0.05, 0.1) is 10.0 Å². The molecular weight excluding hydrogens is 555 g/mol. The highest BCUT2D eigenvalue weighted by molar-refractivity contribution is 6.42. The zero-order valence-corrected chi connectivity index (χ0v) is 25.7. The van der Waals surface area contributed by atoms with Gasteiger partial charge in [-0.2, -0.15) is 0 Å². The molecule has 1 aliphatic rings. The molecule has 0 atom stereocenters. The summed E-state index contributed by atoms with van der Waals surface area (Å²) in [6.07, 6.45) is 5.94. The molecule has 8 heteroatoms. The summed E-state index contributed by atoms with van der Waals surface area (Å²) in [6.45, 7) is 1.35. The summed E-state index contributed by atoms with van der Waals surface area (Å²) in [5.41, 5.74) is 3.80. The fourth-order valence-corrected chi connectivity index (χ4v) is 5.80. The normalized spacial score (nSPS) is 14.9. The third-order valence-electron chi connectivity index (χ3n) is 7.97. The van der Waals surface area contributed by atoms with Crippen molar-refractivity contribution in [1.29, 1.82) is 0 Å². The van der Waals surface area contributed by atoms with Crippen LogP contribution in [0.2, 0.25) is 10.0 Å². The first-order valence-electron chi connectivity index (χ1n) is 14.3. The van der Waals surface area contributed by atoms with Gasteiger partial charge < -0.3 is 10.2 Å². The van der Waals surface area contributed by atoms with Crippen molar-refractivity contribution in [1.82, 2.24) is 20.2 Å². The fourth-order valence-electron chi connectivity index (χ4n) is 5.48. The maximum Gasteiger partial charge on any atom is 0.317 e. The van der Waals surface area contributed by atoms with Gasteiger partial charge in [0.25, 0.3) is 5.91 Å². The number of hydrogen-bond donors (Lipinski definition) is 1. The van der Waals surface area contributed by atoms with Crippen LogP contribution in [0.25, 0.3) is 0 Å². The molecule has 4 rings (SSSR count). The maximum absolute atomic E-state index is 13.7. The van der Waals surface area contributed by atoms with E-state index >= 15 is 0 Å². The van der Waals surface area contributed by atoms with Gasteiger partial charge in [0.2, 0.25) is 0 Å². The topological polar surface area (TPSA) is 55.9 Å². The smallest absolute Gasteiger partial charge is 0.317 e. The minimum absolute atomic E-state index is 0.00188. The van der Waals surface area contributed by atoms with Crippen LogP contribution in [-0.2, 0) is 19.3 Å². The molecule has 3 amide bonds. The Balaban J connectivity index is 1.37. The van der Waals surface area contributed by atoms with Crippen LogP contribution < -0.4 is 5.32 Å². The van der Waals surface area contributed by atoms with E-state index in [0.717, 1.165) is 56.1 Å². The molecule has 0 radical (unpaired) electrons. The predicted octanol–water partition coefficient (Wildman–Crippen LogP) is 6.89. The average Bonchev–Trinajstić information content (AvgIpc) is 2.97. The van der Waals surface area contributed by atoms with E-state index in [-0.39, 0.29) is 17.5 Å². The minimum Gasteiger partial charge on any atom is -0.332 e. The van der Waals surface area contributed by atoms with Gasteiger partial charge in [-0.25, -0.2) is 9.80 Å². The van der Waals surface area contributed by atoms with Crippen molar-refractivity contribution in [2.45, 2.75) is 50.5 Å². The van der Waals surface area contributed by atoms with Crippen LogP contribution in [0.15, 0.2) is 72.8 Å². The molecule has 1 N–H and O–H groups in total. The second-order valence-electron chi connectivity index (χ2n) is 11.2. The Morgan fingerprint density at radius 3 is 2.17 bits per heavy atom. The lowest BCUT2D eigenvalue weighted by Gasteiger charge is -2.45. The van der Waals surface area contributed by atoms with Crippen LogP contribution in [0, 0.1) is 0 Å². The molecule has 3 aromatic carbocycles. The number of nitrogens with one attached hydrogen (secondary N) is 1. The van der Waals surface area contributed by atoms with E-state index in [1.54, 1.807) is 24.0 Å². The first-order valence-corrected chi connectivity index (χ1v) is 15.0. The number of unbranched alkanes of at least 4 members (excludes halogenated alkanes) is 1. The fraction of sp³-hybridized carbons (Fsp3) is 0.394. The van der Waals surface area contributed by atoms with E-state index in [0.29, 0.717) is 23.1 Å². The van der Waals surface area contributed by atoms with Gasteiger partial charge in [0, 0.05) is 45.3 Å². The Kier molecular flexibility index (Phi) is 10.7. The number of rotatable bonds is 10. The number of hydrogen-bond acceptors (Lipinski definition) is 3. The SMILES string of the molecule is CN(C)C(=O)NC1(Cc2ccccc2)CCN(N(C)C(=O)c2ccccc2CCCCc2ccc(Cl)c(Cl)c2)CC1. The highest BCUT2D eigenvalue weighted by Crippen LogP contribution is 2.29. The second kappa shape index (κ2) is 14.2. The number of halogens is 2. The third-order valence-corrected chi connectivity index (χ3v) is 8.71. The van der Waals surface area contributed by atoms with Crippen molar-refractivity contribution in [3.8, 4) is 0 Å². The van der Waals surface area contributed by atoms with E-state index in [1.165, 1.54) is 11.1 Å². The molecule has 0 aliphatic carbocycles. The van der Waals surface area contributed by atoms with Crippen molar-refractivity contribution >= 4 is 35.1 Å². The number of carbonyl (C=O) groups is 2. The molecule has 0 aromatic heterocycles. The Hall–Kier alpha value is -3.06. The third kappa shape index (κ3) is 8.25. The van der Waals surface area contributed by atoms with Gasteiger partial charge >= 0.3 is 6.03 Å². The standard InChI is InChI=1S/C33H40Cl2N4O2/c1-37(2)32(41)36-33(24-26-12-5-4-6-13-26)19-21-39(22-20-33)38(3)31(40)28-16-10-9-15-27(28)14-8-7-11-25-17-18-29(34)30(35)23-25/h4-6,9-10,12-13,15-18,23H,7-8,11,14,19-22,24H2,1-3H3,(H,36,41). The van der Waals surface area contributed by atoms with Gasteiger partial charge in [0.15, 0.2) is 0 Å². The summed E-state index contributed by atoms with van der Waals surface area (Å²) in [6, 6.07) is 23.9. The highest BCUT2D eigenvalue weighted by Gasteiger charge is 2.38. The summed E-state index contributed by atoms with van der Waals surface area (Å²) in [5.74, 6) is -0.00188. The second-order valence-corrected chi connectivity index (χ2v) is 12.0. The molecule has 0 unspecified atom stereocenters. The van der Waals surface area contributed by atoms with Crippen LogP contribution in [0.3, 0.4) is 0 Å². The summed E-state index contributed by atoms with van der Waals surface area (Å²) in [5, 5.41) is 8.32. The predicted molar refractivity (Wildman–Crippen MR) is 168 cm³/mol. The number of aryl methyl sites for hydroxylation is 2. The number of benzene rings is 3. The summed E-state index contributed by atoms with van der Waals surface area (Å²) >= 11 is 12.2. The summed E-state index contributed by atoms with van der Waals surface area (Å²) < 4.78 is 0. The molecular formula is C33H40Cl2N4O2. The van der Waals surface area contributed by atoms with Crippen molar-refractivity contribution in [3.63, 3.8) is 0 Å². The zero-order valence-electron chi connectivity index (χ0n) is 24.2. The van der Waals surface area contributed by atoms with Crippen molar-refractivity contribution in [2.75, 3.05) is 34.2 Å². The molecule has 0 bridgehead atoms. The largest absolute Gasteiger partial charge is 0.332 e. The van der Waals surface area contributed by atoms with Crippen LogP contribution in [-0.4, -0.2) is 66.6 Å². The monoisotopic (exact) mass is 594 g/mol. The number of piperidine rings is 1. The molecule has 6 nitrogen and oxygen atoms in total. The van der Waals surface area contributed by atoms with Crippen LogP contribution >= 0.6 is 23.2 Å². The van der Waals surface area contributed by atoms with Crippen LogP contribution in [0.1, 0.15) is 52.7 Å².